The zero-order valence-corrected chi connectivity index (χ0v) is 14.8. The lowest BCUT2D eigenvalue weighted by atomic mass is 10.3. The SMILES string of the molecule is CCOC(=O)N1CCN(C(=O)COc2cc(OC)cc(OC)c2)CC1. The van der Waals surface area contributed by atoms with Crippen molar-refractivity contribution in [2.75, 3.05) is 53.6 Å². The summed E-state index contributed by atoms with van der Waals surface area (Å²) in [4.78, 5) is 27.2. The van der Waals surface area contributed by atoms with E-state index in [9.17, 15) is 9.59 Å². The van der Waals surface area contributed by atoms with Gasteiger partial charge in [0.1, 0.15) is 17.2 Å². The van der Waals surface area contributed by atoms with Crippen LogP contribution in [-0.2, 0) is 9.53 Å². The lowest BCUT2D eigenvalue weighted by Gasteiger charge is -2.33. The molecule has 1 aliphatic rings. The van der Waals surface area contributed by atoms with Gasteiger partial charge in [-0.1, -0.05) is 0 Å². The fourth-order valence-electron chi connectivity index (χ4n) is 2.45. The van der Waals surface area contributed by atoms with Crippen LogP contribution in [0.5, 0.6) is 17.2 Å². The van der Waals surface area contributed by atoms with E-state index in [-0.39, 0.29) is 18.6 Å². The summed E-state index contributed by atoms with van der Waals surface area (Å²) in [6.07, 6.45) is -0.339. The topological polar surface area (TPSA) is 77.5 Å². The Labute approximate surface area is 147 Å². The molecule has 138 valence electrons. The van der Waals surface area contributed by atoms with Crippen LogP contribution in [0.15, 0.2) is 18.2 Å². The van der Waals surface area contributed by atoms with Gasteiger partial charge < -0.3 is 28.7 Å². The summed E-state index contributed by atoms with van der Waals surface area (Å²) in [6.45, 7) is 3.86. The number of piperazine rings is 1. The molecule has 0 spiro atoms. The van der Waals surface area contributed by atoms with Gasteiger partial charge >= 0.3 is 6.09 Å². The molecule has 0 radical (unpaired) electrons. The molecule has 1 aliphatic heterocycles. The van der Waals surface area contributed by atoms with E-state index in [1.54, 1.807) is 49.1 Å². The van der Waals surface area contributed by atoms with Crippen molar-refractivity contribution in [2.45, 2.75) is 6.92 Å². The maximum atomic E-state index is 12.3. The fraction of sp³-hybridized carbons (Fsp3) is 0.529. The van der Waals surface area contributed by atoms with Crippen molar-refractivity contribution in [3.8, 4) is 17.2 Å². The molecular weight excluding hydrogens is 328 g/mol. The largest absolute Gasteiger partial charge is 0.496 e. The van der Waals surface area contributed by atoms with Gasteiger partial charge in [0.15, 0.2) is 6.61 Å². The van der Waals surface area contributed by atoms with Crippen LogP contribution in [0.1, 0.15) is 6.92 Å². The zero-order valence-electron chi connectivity index (χ0n) is 14.8. The van der Waals surface area contributed by atoms with Crippen molar-refractivity contribution in [3.05, 3.63) is 18.2 Å². The van der Waals surface area contributed by atoms with Crippen molar-refractivity contribution in [1.29, 1.82) is 0 Å². The number of carbonyl (C=O) groups excluding carboxylic acids is 2. The second-order valence-electron chi connectivity index (χ2n) is 5.40. The Morgan fingerprint density at radius 2 is 1.44 bits per heavy atom. The smallest absolute Gasteiger partial charge is 0.409 e. The molecule has 0 atom stereocenters. The van der Waals surface area contributed by atoms with Crippen molar-refractivity contribution >= 4 is 12.0 Å². The standard InChI is InChI=1S/C17H24N2O6/c1-4-24-17(21)19-7-5-18(6-8-19)16(20)12-25-15-10-13(22-2)9-14(11-15)23-3/h9-11H,4-8,12H2,1-3H3. The summed E-state index contributed by atoms with van der Waals surface area (Å²) in [7, 11) is 3.10. The summed E-state index contributed by atoms with van der Waals surface area (Å²) >= 11 is 0. The Bertz CT molecular complexity index is 577. The minimum atomic E-state index is -0.339. The van der Waals surface area contributed by atoms with Gasteiger partial charge in [0.25, 0.3) is 5.91 Å². The number of hydrogen-bond donors (Lipinski definition) is 0. The fourth-order valence-corrected chi connectivity index (χ4v) is 2.45. The molecule has 8 nitrogen and oxygen atoms in total. The van der Waals surface area contributed by atoms with Crippen molar-refractivity contribution in [3.63, 3.8) is 0 Å². The van der Waals surface area contributed by atoms with Crippen LogP contribution in [0.4, 0.5) is 4.79 Å². The van der Waals surface area contributed by atoms with Gasteiger partial charge in [0.2, 0.25) is 0 Å². The van der Waals surface area contributed by atoms with Crippen LogP contribution >= 0.6 is 0 Å². The zero-order chi connectivity index (χ0) is 18.2. The maximum absolute atomic E-state index is 12.3. The maximum Gasteiger partial charge on any atom is 0.409 e. The van der Waals surface area contributed by atoms with Crippen LogP contribution in [0.3, 0.4) is 0 Å². The van der Waals surface area contributed by atoms with E-state index < -0.39 is 0 Å². The molecule has 0 saturated carbocycles. The molecule has 25 heavy (non-hydrogen) atoms. The molecular formula is C17H24N2O6. The minimum Gasteiger partial charge on any atom is -0.496 e. The number of amides is 2. The lowest BCUT2D eigenvalue weighted by molar-refractivity contribution is -0.134. The molecule has 1 aromatic rings. The van der Waals surface area contributed by atoms with Gasteiger partial charge in [-0.25, -0.2) is 4.79 Å². The van der Waals surface area contributed by atoms with Crippen LogP contribution in [-0.4, -0.2) is 75.4 Å². The average Bonchev–Trinajstić information content (AvgIpc) is 2.66. The second-order valence-corrected chi connectivity index (χ2v) is 5.40. The van der Waals surface area contributed by atoms with Gasteiger partial charge in [-0.3, -0.25) is 4.79 Å². The highest BCUT2D eigenvalue weighted by Gasteiger charge is 2.25. The first-order chi connectivity index (χ1) is 12.1. The molecule has 0 bridgehead atoms. The Hall–Kier alpha value is -2.64. The predicted molar refractivity (Wildman–Crippen MR) is 90.2 cm³/mol. The molecule has 2 amide bonds. The Morgan fingerprint density at radius 3 is 1.96 bits per heavy atom. The third-order valence-corrected chi connectivity index (χ3v) is 3.85. The average molecular weight is 352 g/mol. The van der Waals surface area contributed by atoms with Gasteiger partial charge in [-0.2, -0.15) is 0 Å². The van der Waals surface area contributed by atoms with Gasteiger partial charge in [0.05, 0.1) is 20.8 Å². The van der Waals surface area contributed by atoms with Crippen molar-refractivity contribution in [1.82, 2.24) is 9.80 Å². The third kappa shape index (κ3) is 5.17. The van der Waals surface area contributed by atoms with E-state index in [0.717, 1.165) is 0 Å². The number of nitrogens with zero attached hydrogens (tertiary/aromatic N) is 2. The number of benzene rings is 1. The van der Waals surface area contributed by atoms with Crippen LogP contribution in [0, 0.1) is 0 Å². The van der Waals surface area contributed by atoms with Crippen molar-refractivity contribution < 1.29 is 28.5 Å². The highest BCUT2D eigenvalue weighted by Crippen LogP contribution is 2.27. The Kier molecular flexibility index (Phi) is 6.73. The van der Waals surface area contributed by atoms with E-state index in [1.165, 1.54) is 0 Å². The summed E-state index contributed by atoms with van der Waals surface area (Å²) in [5.41, 5.74) is 0. The molecule has 0 aliphatic carbocycles. The summed E-state index contributed by atoms with van der Waals surface area (Å²) in [6, 6.07) is 5.10. The van der Waals surface area contributed by atoms with E-state index in [2.05, 4.69) is 0 Å². The molecule has 1 fully saturated rings. The lowest BCUT2D eigenvalue weighted by Crippen LogP contribution is -2.51. The van der Waals surface area contributed by atoms with Gasteiger partial charge in [0, 0.05) is 44.4 Å². The predicted octanol–water partition coefficient (Wildman–Crippen LogP) is 1.38. The molecule has 1 heterocycles. The van der Waals surface area contributed by atoms with Crippen LogP contribution in [0.2, 0.25) is 0 Å². The molecule has 1 saturated heterocycles. The van der Waals surface area contributed by atoms with E-state index in [0.29, 0.717) is 50.0 Å². The first kappa shape index (κ1) is 18.7. The monoisotopic (exact) mass is 352 g/mol. The third-order valence-electron chi connectivity index (χ3n) is 3.85. The molecule has 1 aromatic carbocycles. The summed E-state index contributed by atoms with van der Waals surface area (Å²) in [5.74, 6) is 1.54. The number of carbonyl (C=O) groups is 2. The van der Waals surface area contributed by atoms with Crippen LogP contribution < -0.4 is 14.2 Å². The van der Waals surface area contributed by atoms with Gasteiger partial charge in [-0.05, 0) is 6.92 Å². The first-order valence-electron chi connectivity index (χ1n) is 8.12. The van der Waals surface area contributed by atoms with Crippen LogP contribution in [0.25, 0.3) is 0 Å². The van der Waals surface area contributed by atoms with Crippen molar-refractivity contribution in [2.24, 2.45) is 0 Å². The van der Waals surface area contributed by atoms with E-state index >= 15 is 0 Å². The summed E-state index contributed by atoms with van der Waals surface area (Å²) < 4.78 is 20.9. The molecule has 2 rings (SSSR count). The highest BCUT2D eigenvalue weighted by molar-refractivity contribution is 5.78. The van der Waals surface area contributed by atoms with E-state index in [1.807, 2.05) is 0 Å². The number of ether oxygens (including phenoxy) is 4. The number of hydrogen-bond acceptors (Lipinski definition) is 6. The number of rotatable bonds is 6. The molecule has 0 unspecified atom stereocenters. The van der Waals surface area contributed by atoms with Gasteiger partial charge in [-0.15, -0.1) is 0 Å². The molecule has 0 N–H and O–H groups in total. The number of methoxy groups -OCH3 is 2. The quantitative estimate of drug-likeness (QED) is 0.770. The van der Waals surface area contributed by atoms with E-state index in [4.69, 9.17) is 18.9 Å². The Balaban J connectivity index is 1.84. The second kappa shape index (κ2) is 9.00. The highest BCUT2D eigenvalue weighted by atomic mass is 16.6. The molecule has 8 heteroatoms. The molecule has 0 aromatic heterocycles. The minimum absolute atomic E-state index is 0.0876. The summed E-state index contributed by atoms with van der Waals surface area (Å²) in [5, 5.41) is 0. The first-order valence-corrected chi connectivity index (χ1v) is 8.12. The Morgan fingerprint density at radius 1 is 0.920 bits per heavy atom. The normalized spacial score (nSPS) is 14.0.